The van der Waals surface area contributed by atoms with Crippen molar-refractivity contribution < 1.29 is 27.8 Å². The number of ether oxygens (including phenoxy) is 2. The van der Waals surface area contributed by atoms with E-state index in [1.54, 1.807) is 0 Å². The summed E-state index contributed by atoms with van der Waals surface area (Å²) in [6, 6.07) is 2.29. The standard InChI is InChI=1S/C10H10ClF3O3/c1-16-7-4-5(11)3-6(8(7)17-2)9(15)10(12,13)14/h3-4,9,15H,1-2H3/t9-/m1/s1. The van der Waals surface area contributed by atoms with Gasteiger partial charge in [-0.1, -0.05) is 11.6 Å². The van der Waals surface area contributed by atoms with Gasteiger partial charge in [-0.25, -0.2) is 0 Å². The van der Waals surface area contributed by atoms with Crippen LogP contribution in [0.15, 0.2) is 12.1 Å². The van der Waals surface area contributed by atoms with Crippen LogP contribution in [0, 0.1) is 0 Å². The van der Waals surface area contributed by atoms with E-state index < -0.39 is 17.8 Å². The lowest BCUT2D eigenvalue weighted by molar-refractivity contribution is -0.207. The second kappa shape index (κ2) is 5.01. The highest BCUT2D eigenvalue weighted by molar-refractivity contribution is 6.30. The van der Waals surface area contributed by atoms with E-state index in [1.807, 2.05) is 0 Å². The minimum Gasteiger partial charge on any atom is -0.493 e. The number of aliphatic hydroxyl groups is 1. The molecule has 0 heterocycles. The number of hydrogen-bond donors (Lipinski definition) is 1. The van der Waals surface area contributed by atoms with Gasteiger partial charge in [-0.3, -0.25) is 0 Å². The van der Waals surface area contributed by atoms with Gasteiger partial charge in [0.25, 0.3) is 0 Å². The largest absolute Gasteiger partial charge is 0.493 e. The van der Waals surface area contributed by atoms with Crippen molar-refractivity contribution in [2.24, 2.45) is 0 Å². The Balaban J connectivity index is 3.36. The predicted molar refractivity (Wildman–Crippen MR) is 55.6 cm³/mol. The molecule has 0 fully saturated rings. The normalized spacial score (nSPS) is 13.4. The van der Waals surface area contributed by atoms with Crippen molar-refractivity contribution in [3.63, 3.8) is 0 Å². The monoisotopic (exact) mass is 270 g/mol. The highest BCUT2D eigenvalue weighted by Gasteiger charge is 2.41. The molecule has 0 bridgehead atoms. The van der Waals surface area contributed by atoms with E-state index in [4.69, 9.17) is 21.1 Å². The fourth-order valence-electron chi connectivity index (χ4n) is 1.34. The first kappa shape index (κ1) is 13.9. The summed E-state index contributed by atoms with van der Waals surface area (Å²) in [5, 5.41) is 9.21. The first-order valence-electron chi connectivity index (χ1n) is 4.47. The minimum atomic E-state index is -4.80. The van der Waals surface area contributed by atoms with E-state index >= 15 is 0 Å². The van der Waals surface area contributed by atoms with E-state index in [2.05, 4.69) is 0 Å². The Hall–Kier alpha value is -1.14. The van der Waals surface area contributed by atoms with Gasteiger partial charge in [-0.15, -0.1) is 0 Å². The molecule has 1 N–H and O–H groups in total. The SMILES string of the molecule is COc1cc(Cl)cc([C@@H](O)C(F)(F)F)c1OC. The van der Waals surface area contributed by atoms with E-state index in [-0.39, 0.29) is 16.5 Å². The average Bonchev–Trinajstić information content (AvgIpc) is 2.25. The van der Waals surface area contributed by atoms with Gasteiger partial charge in [0.05, 0.1) is 14.2 Å². The molecular formula is C10H10ClF3O3. The van der Waals surface area contributed by atoms with Crippen LogP contribution in [-0.2, 0) is 0 Å². The minimum absolute atomic E-state index is 0.0148. The van der Waals surface area contributed by atoms with Crippen molar-refractivity contribution in [2.75, 3.05) is 14.2 Å². The molecule has 17 heavy (non-hydrogen) atoms. The molecule has 0 unspecified atom stereocenters. The van der Waals surface area contributed by atoms with E-state index in [9.17, 15) is 18.3 Å². The lowest BCUT2D eigenvalue weighted by Crippen LogP contribution is -2.21. The molecule has 0 aliphatic rings. The van der Waals surface area contributed by atoms with Gasteiger partial charge in [0.15, 0.2) is 17.6 Å². The van der Waals surface area contributed by atoms with Crippen LogP contribution >= 0.6 is 11.6 Å². The zero-order valence-corrected chi connectivity index (χ0v) is 9.76. The summed E-state index contributed by atoms with van der Waals surface area (Å²) in [6.45, 7) is 0. The molecule has 0 saturated carbocycles. The lowest BCUT2D eigenvalue weighted by Gasteiger charge is -2.19. The average molecular weight is 271 g/mol. The summed E-state index contributed by atoms with van der Waals surface area (Å²) in [5.74, 6) is -0.167. The van der Waals surface area contributed by atoms with E-state index in [0.29, 0.717) is 0 Å². The Morgan fingerprint density at radius 3 is 2.24 bits per heavy atom. The second-order valence-electron chi connectivity index (χ2n) is 3.17. The number of methoxy groups -OCH3 is 2. The Kier molecular flexibility index (Phi) is 4.11. The summed E-state index contributed by atoms with van der Waals surface area (Å²) in [4.78, 5) is 0. The summed E-state index contributed by atoms with van der Waals surface area (Å²) < 4.78 is 46.9. The fourth-order valence-corrected chi connectivity index (χ4v) is 1.55. The van der Waals surface area contributed by atoms with Gasteiger partial charge in [-0.2, -0.15) is 13.2 Å². The molecule has 1 aromatic rings. The maximum absolute atomic E-state index is 12.4. The molecular weight excluding hydrogens is 261 g/mol. The Morgan fingerprint density at radius 2 is 1.82 bits per heavy atom. The first-order valence-corrected chi connectivity index (χ1v) is 4.85. The van der Waals surface area contributed by atoms with Crippen LogP contribution in [0.3, 0.4) is 0 Å². The molecule has 0 radical (unpaired) electrons. The predicted octanol–water partition coefficient (Wildman–Crippen LogP) is 2.95. The molecule has 0 amide bonds. The third-order valence-electron chi connectivity index (χ3n) is 2.08. The van der Waals surface area contributed by atoms with Gasteiger partial charge in [0.1, 0.15) is 0 Å². The quantitative estimate of drug-likeness (QED) is 0.918. The molecule has 96 valence electrons. The molecule has 0 aliphatic carbocycles. The highest BCUT2D eigenvalue weighted by atomic mass is 35.5. The zero-order chi connectivity index (χ0) is 13.2. The molecule has 0 saturated heterocycles. The number of hydrogen-bond acceptors (Lipinski definition) is 3. The summed E-state index contributed by atoms with van der Waals surface area (Å²) in [7, 11) is 2.44. The number of halogens is 4. The molecule has 0 aromatic heterocycles. The van der Waals surface area contributed by atoms with Gasteiger partial charge in [0.2, 0.25) is 0 Å². The molecule has 1 atom stereocenters. The summed E-state index contributed by atoms with van der Waals surface area (Å²) in [5.41, 5.74) is -0.482. The summed E-state index contributed by atoms with van der Waals surface area (Å²) in [6.07, 6.45) is -7.48. The smallest absolute Gasteiger partial charge is 0.418 e. The maximum Gasteiger partial charge on any atom is 0.418 e. The van der Waals surface area contributed by atoms with Crippen LogP contribution in [0.1, 0.15) is 11.7 Å². The summed E-state index contributed by atoms with van der Waals surface area (Å²) >= 11 is 5.64. The Morgan fingerprint density at radius 1 is 1.24 bits per heavy atom. The topological polar surface area (TPSA) is 38.7 Å². The zero-order valence-electron chi connectivity index (χ0n) is 9.01. The second-order valence-corrected chi connectivity index (χ2v) is 3.61. The van der Waals surface area contributed by atoms with Crippen molar-refractivity contribution in [2.45, 2.75) is 12.3 Å². The van der Waals surface area contributed by atoms with Crippen LogP contribution in [0.25, 0.3) is 0 Å². The molecule has 1 rings (SSSR count). The van der Waals surface area contributed by atoms with Crippen molar-refractivity contribution in [1.82, 2.24) is 0 Å². The Labute approximate surface area is 101 Å². The first-order chi connectivity index (χ1) is 7.81. The van der Waals surface area contributed by atoms with Gasteiger partial charge in [-0.05, 0) is 6.07 Å². The highest BCUT2D eigenvalue weighted by Crippen LogP contribution is 2.43. The van der Waals surface area contributed by atoms with Crippen LogP contribution in [0.4, 0.5) is 13.2 Å². The van der Waals surface area contributed by atoms with Crippen molar-refractivity contribution >= 4 is 11.6 Å². The van der Waals surface area contributed by atoms with Crippen LogP contribution in [-0.4, -0.2) is 25.5 Å². The number of benzene rings is 1. The van der Waals surface area contributed by atoms with Crippen molar-refractivity contribution in [1.29, 1.82) is 0 Å². The lowest BCUT2D eigenvalue weighted by atomic mass is 10.1. The third-order valence-corrected chi connectivity index (χ3v) is 2.30. The number of rotatable bonds is 3. The number of alkyl halides is 3. The Bertz CT molecular complexity index is 407. The molecule has 0 spiro atoms. The molecule has 1 aromatic carbocycles. The number of aliphatic hydroxyl groups excluding tert-OH is 1. The van der Waals surface area contributed by atoms with E-state index in [1.165, 1.54) is 20.3 Å². The van der Waals surface area contributed by atoms with E-state index in [0.717, 1.165) is 6.07 Å². The van der Waals surface area contributed by atoms with Crippen LogP contribution in [0.2, 0.25) is 5.02 Å². The van der Waals surface area contributed by atoms with Gasteiger partial charge in [0, 0.05) is 16.7 Å². The molecule has 0 aliphatic heterocycles. The van der Waals surface area contributed by atoms with Gasteiger partial charge < -0.3 is 14.6 Å². The molecule has 7 heteroatoms. The fraction of sp³-hybridized carbons (Fsp3) is 0.400. The van der Waals surface area contributed by atoms with Crippen molar-refractivity contribution in [3.05, 3.63) is 22.7 Å². The van der Waals surface area contributed by atoms with Crippen LogP contribution < -0.4 is 9.47 Å². The molecule has 3 nitrogen and oxygen atoms in total. The third kappa shape index (κ3) is 2.95. The van der Waals surface area contributed by atoms with Crippen molar-refractivity contribution in [3.8, 4) is 11.5 Å². The maximum atomic E-state index is 12.4. The van der Waals surface area contributed by atoms with Gasteiger partial charge >= 0.3 is 6.18 Å². The van der Waals surface area contributed by atoms with Crippen LogP contribution in [0.5, 0.6) is 11.5 Å².